The third-order valence-electron chi connectivity index (χ3n) is 4.31. The number of rotatable bonds is 5. The van der Waals surface area contributed by atoms with E-state index in [9.17, 15) is 9.90 Å². The van der Waals surface area contributed by atoms with E-state index in [0.717, 1.165) is 31.5 Å². The summed E-state index contributed by atoms with van der Waals surface area (Å²) in [6.45, 7) is 3.74. The highest BCUT2D eigenvalue weighted by Crippen LogP contribution is 2.32. The average Bonchev–Trinajstić information content (AvgIpc) is 2.53. The third-order valence-corrected chi connectivity index (χ3v) is 4.31. The number of aliphatic hydroxyl groups excluding tert-OH is 1. The summed E-state index contributed by atoms with van der Waals surface area (Å²) in [5, 5.41) is 9.59. The molecule has 2 rings (SSSR count). The normalized spacial score (nSPS) is 22.8. The summed E-state index contributed by atoms with van der Waals surface area (Å²) >= 11 is 0. The van der Waals surface area contributed by atoms with Crippen molar-refractivity contribution in [2.24, 2.45) is 5.41 Å². The van der Waals surface area contributed by atoms with Gasteiger partial charge in [-0.25, -0.2) is 0 Å². The van der Waals surface area contributed by atoms with Crippen LogP contribution in [-0.4, -0.2) is 45.6 Å². The molecular weight excluding hydrogens is 254 g/mol. The van der Waals surface area contributed by atoms with Gasteiger partial charge in [-0.1, -0.05) is 6.92 Å². The summed E-state index contributed by atoms with van der Waals surface area (Å²) in [5.41, 5.74) is 0.752. The maximum atomic E-state index is 12.3. The van der Waals surface area contributed by atoms with Crippen molar-refractivity contribution in [2.45, 2.75) is 39.0 Å². The fraction of sp³-hybridized carbons (Fsp3) is 0.667. The first kappa shape index (κ1) is 14.9. The highest BCUT2D eigenvalue weighted by atomic mass is 16.3. The standard InChI is InChI=1S/C15H23N3O2/c1-2-15(12-19)6-3-9-18(11-15)14(20)5-4-13-10-16-7-8-17-13/h7-8,10,19H,2-6,9,11-12H2,1H3/t15-/m0/s1. The molecule has 0 bridgehead atoms. The van der Waals surface area contributed by atoms with Crippen LogP contribution in [0, 0.1) is 5.41 Å². The predicted octanol–water partition coefficient (Wildman–Crippen LogP) is 1.42. The van der Waals surface area contributed by atoms with Gasteiger partial charge in [0.1, 0.15) is 0 Å². The number of nitrogens with zero attached hydrogens (tertiary/aromatic N) is 3. The first-order valence-corrected chi connectivity index (χ1v) is 7.33. The van der Waals surface area contributed by atoms with Crippen LogP contribution in [0.15, 0.2) is 18.6 Å². The molecule has 1 N–H and O–H groups in total. The molecule has 5 nitrogen and oxygen atoms in total. The molecule has 0 unspecified atom stereocenters. The van der Waals surface area contributed by atoms with E-state index in [2.05, 4.69) is 16.9 Å². The summed E-state index contributed by atoms with van der Waals surface area (Å²) in [7, 11) is 0. The van der Waals surface area contributed by atoms with Crippen molar-refractivity contribution in [3.63, 3.8) is 0 Å². The van der Waals surface area contributed by atoms with E-state index >= 15 is 0 Å². The van der Waals surface area contributed by atoms with E-state index in [1.807, 2.05) is 4.90 Å². The molecule has 20 heavy (non-hydrogen) atoms. The number of amides is 1. The molecule has 0 aliphatic carbocycles. The Kier molecular flexibility index (Phi) is 5.06. The Balaban J connectivity index is 1.89. The Morgan fingerprint density at radius 2 is 2.35 bits per heavy atom. The van der Waals surface area contributed by atoms with Gasteiger partial charge in [0, 0.05) is 43.5 Å². The van der Waals surface area contributed by atoms with Crippen LogP contribution in [0.25, 0.3) is 0 Å². The van der Waals surface area contributed by atoms with Gasteiger partial charge < -0.3 is 10.0 Å². The van der Waals surface area contributed by atoms with Crippen molar-refractivity contribution in [1.29, 1.82) is 0 Å². The molecule has 1 fully saturated rings. The van der Waals surface area contributed by atoms with Crippen molar-refractivity contribution in [3.8, 4) is 0 Å². The summed E-state index contributed by atoms with van der Waals surface area (Å²) in [4.78, 5) is 22.4. The molecule has 2 heterocycles. The summed E-state index contributed by atoms with van der Waals surface area (Å²) in [6.07, 6.45) is 8.97. The predicted molar refractivity (Wildman–Crippen MR) is 76.0 cm³/mol. The van der Waals surface area contributed by atoms with E-state index < -0.39 is 0 Å². The van der Waals surface area contributed by atoms with E-state index in [1.54, 1.807) is 18.6 Å². The molecular formula is C15H23N3O2. The highest BCUT2D eigenvalue weighted by molar-refractivity contribution is 5.76. The molecule has 0 saturated carbocycles. The van der Waals surface area contributed by atoms with Gasteiger partial charge in [-0.15, -0.1) is 0 Å². The minimum Gasteiger partial charge on any atom is -0.396 e. The van der Waals surface area contributed by atoms with E-state index in [-0.39, 0.29) is 17.9 Å². The van der Waals surface area contributed by atoms with Gasteiger partial charge >= 0.3 is 0 Å². The van der Waals surface area contributed by atoms with Gasteiger partial charge in [0.25, 0.3) is 0 Å². The minimum absolute atomic E-state index is 0.0968. The number of likely N-dealkylation sites (tertiary alicyclic amines) is 1. The third kappa shape index (κ3) is 3.54. The number of aromatic nitrogens is 2. The molecule has 1 aliphatic rings. The number of aliphatic hydroxyl groups is 1. The number of hydrogen-bond donors (Lipinski definition) is 1. The van der Waals surface area contributed by atoms with Crippen LogP contribution < -0.4 is 0 Å². The molecule has 5 heteroatoms. The van der Waals surface area contributed by atoms with Gasteiger partial charge in [-0.05, 0) is 25.7 Å². The summed E-state index contributed by atoms with van der Waals surface area (Å²) < 4.78 is 0. The Morgan fingerprint density at radius 1 is 1.50 bits per heavy atom. The van der Waals surface area contributed by atoms with Gasteiger partial charge in [-0.2, -0.15) is 0 Å². The fourth-order valence-corrected chi connectivity index (χ4v) is 2.80. The van der Waals surface area contributed by atoms with Crippen LogP contribution in [0.4, 0.5) is 0 Å². The number of carbonyl (C=O) groups is 1. The molecule has 1 saturated heterocycles. The quantitative estimate of drug-likeness (QED) is 0.884. The summed E-state index contributed by atoms with van der Waals surface area (Å²) in [6, 6.07) is 0. The molecule has 1 amide bonds. The average molecular weight is 277 g/mol. The number of hydrogen-bond acceptors (Lipinski definition) is 4. The number of aryl methyl sites for hydroxylation is 1. The zero-order valence-corrected chi connectivity index (χ0v) is 12.1. The van der Waals surface area contributed by atoms with E-state index in [1.165, 1.54) is 0 Å². The molecule has 0 radical (unpaired) electrons. The van der Waals surface area contributed by atoms with Crippen LogP contribution >= 0.6 is 0 Å². The lowest BCUT2D eigenvalue weighted by molar-refractivity contribution is -0.135. The summed E-state index contributed by atoms with van der Waals surface area (Å²) in [5.74, 6) is 0.154. The smallest absolute Gasteiger partial charge is 0.222 e. The monoisotopic (exact) mass is 277 g/mol. The van der Waals surface area contributed by atoms with Gasteiger partial charge in [0.15, 0.2) is 0 Å². The van der Waals surface area contributed by atoms with Gasteiger partial charge in [0.2, 0.25) is 5.91 Å². The van der Waals surface area contributed by atoms with Crippen molar-refractivity contribution in [3.05, 3.63) is 24.3 Å². The van der Waals surface area contributed by atoms with Crippen LogP contribution in [0.5, 0.6) is 0 Å². The van der Waals surface area contributed by atoms with E-state index in [0.29, 0.717) is 19.4 Å². The first-order valence-electron chi connectivity index (χ1n) is 7.33. The van der Waals surface area contributed by atoms with Gasteiger partial charge in [0.05, 0.1) is 12.3 Å². The highest BCUT2D eigenvalue weighted by Gasteiger charge is 2.34. The van der Waals surface area contributed by atoms with Crippen molar-refractivity contribution >= 4 is 5.91 Å². The maximum Gasteiger partial charge on any atom is 0.222 e. The topological polar surface area (TPSA) is 66.3 Å². The maximum absolute atomic E-state index is 12.3. The lowest BCUT2D eigenvalue weighted by Crippen LogP contribution is -2.47. The first-order chi connectivity index (χ1) is 9.69. The largest absolute Gasteiger partial charge is 0.396 e. The van der Waals surface area contributed by atoms with Crippen molar-refractivity contribution < 1.29 is 9.90 Å². The van der Waals surface area contributed by atoms with Crippen molar-refractivity contribution in [1.82, 2.24) is 14.9 Å². The zero-order valence-electron chi connectivity index (χ0n) is 12.1. The Morgan fingerprint density at radius 3 is 3.00 bits per heavy atom. The van der Waals surface area contributed by atoms with Crippen LogP contribution in [0.2, 0.25) is 0 Å². The SMILES string of the molecule is CC[C@]1(CO)CCCN(C(=O)CCc2cnccn2)C1. The zero-order chi connectivity index (χ0) is 14.4. The van der Waals surface area contributed by atoms with E-state index in [4.69, 9.17) is 0 Å². The Hall–Kier alpha value is -1.49. The molecule has 110 valence electrons. The van der Waals surface area contributed by atoms with Gasteiger partial charge in [-0.3, -0.25) is 14.8 Å². The molecule has 0 spiro atoms. The number of carbonyl (C=O) groups excluding carboxylic acids is 1. The molecule has 1 aromatic heterocycles. The van der Waals surface area contributed by atoms with Crippen LogP contribution in [-0.2, 0) is 11.2 Å². The minimum atomic E-state index is -0.0968. The molecule has 1 aliphatic heterocycles. The van der Waals surface area contributed by atoms with Crippen LogP contribution in [0.3, 0.4) is 0 Å². The second-order valence-corrected chi connectivity index (χ2v) is 5.63. The Labute approximate surface area is 120 Å². The second-order valence-electron chi connectivity index (χ2n) is 5.63. The number of piperidine rings is 1. The molecule has 1 atom stereocenters. The van der Waals surface area contributed by atoms with Crippen LogP contribution in [0.1, 0.15) is 38.3 Å². The lowest BCUT2D eigenvalue weighted by atomic mass is 9.78. The molecule has 1 aromatic rings. The van der Waals surface area contributed by atoms with Crippen molar-refractivity contribution in [2.75, 3.05) is 19.7 Å². The second kappa shape index (κ2) is 6.79. The molecule has 0 aromatic carbocycles. The Bertz CT molecular complexity index is 432. The lowest BCUT2D eigenvalue weighted by Gasteiger charge is -2.41. The fourth-order valence-electron chi connectivity index (χ4n) is 2.80.